The van der Waals surface area contributed by atoms with E-state index < -0.39 is 0 Å². The number of hydrogen-bond donors (Lipinski definition) is 3. The number of anilines is 2. The number of nitrogens with one attached hydrogen (secondary N) is 2. The molecule has 1 saturated carbocycles. The Labute approximate surface area is 83.5 Å². The largest absolute Gasteiger partial charge is 0.368 e. The summed E-state index contributed by atoms with van der Waals surface area (Å²) in [5.74, 6) is 0.978. The summed E-state index contributed by atoms with van der Waals surface area (Å²) in [5, 5.41) is 9.92. The molecule has 4 N–H and O–H groups in total. The third kappa shape index (κ3) is 1.66. The van der Waals surface area contributed by atoms with Crippen LogP contribution in [-0.4, -0.2) is 21.2 Å². The molecule has 1 aliphatic carbocycles. The van der Waals surface area contributed by atoms with Gasteiger partial charge in [-0.1, -0.05) is 20.3 Å². The Bertz CT molecular complexity index is 317. The minimum absolute atomic E-state index is 0.329. The Morgan fingerprint density at radius 3 is 2.86 bits per heavy atom. The quantitative estimate of drug-likeness (QED) is 0.666. The molecule has 1 aromatic rings. The van der Waals surface area contributed by atoms with Crippen molar-refractivity contribution in [1.29, 1.82) is 0 Å². The van der Waals surface area contributed by atoms with Crippen LogP contribution in [0.3, 0.4) is 0 Å². The van der Waals surface area contributed by atoms with Crippen molar-refractivity contribution in [1.82, 2.24) is 15.2 Å². The molecule has 14 heavy (non-hydrogen) atoms. The molecular formula is C9H17N5. The second-order valence-electron chi connectivity index (χ2n) is 4.62. The SMILES string of the molecule is CC1(C)CCCC1Nc1n[nH]c(N)n1. The second-order valence-corrected chi connectivity index (χ2v) is 4.62. The van der Waals surface area contributed by atoms with Crippen LogP contribution >= 0.6 is 0 Å². The monoisotopic (exact) mass is 195 g/mol. The highest BCUT2D eigenvalue weighted by Crippen LogP contribution is 2.38. The lowest BCUT2D eigenvalue weighted by molar-refractivity contribution is 0.349. The Hall–Kier alpha value is -1.26. The Balaban J connectivity index is 2.04. The highest BCUT2D eigenvalue weighted by Gasteiger charge is 2.34. The molecule has 0 aromatic carbocycles. The highest BCUT2D eigenvalue weighted by atomic mass is 15.3. The molecule has 1 heterocycles. The number of nitrogens with zero attached hydrogens (tertiary/aromatic N) is 2. The smallest absolute Gasteiger partial charge is 0.243 e. The van der Waals surface area contributed by atoms with Gasteiger partial charge in [0.2, 0.25) is 11.9 Å². The summed E-state index contributed by atoms with van der Waals surface area (Å²) in [4.78, 5) is 4.04. The van der Waals surface area contributed by atoms with Crippen LogP contribution in [0.5, 0.6) is 0 Å². The van der Waals surface area contributed by atoms with Gasteiger partial charge in [0.05, 0.1) is 0 Å². The van der Waals surface area contributed by atoms with Crippen LogP contribution in [0.25, 0.3) is 0 Å². The molecule has 1 fully saturated rings. The van der Waals surface area contributed by atoms with E-state index in [1.54, 1.807) is 0 Å². The van der Waals surface area contributed by atoms with Crippen LogP contribution in [-0.2, 0) is 0 Å². The van der Waals surface area contributed by atoms with Crippen LogP contribution in [0.1, 0.15) is 33.1 Å². The predicted molar refractivity (Wildman–Crippen MR) is 55.8 cm³/mol. The van der Waals surface area contributed by atoms with Crippen LogP contribution in [0.2, 0.25) is 0 Å². The molecule has 0 amide bonds. The van der Waals surface area contributed by atoms with Crippen molar-refractivity contribution in [2.24, 2.45) is 5.41 Å². The lowest BCUT2D eigenvalue weighted by Crippen LogP contribution is -2.31. The summed E-state index contributed by atoms with van der Waals surface area (Å²) < 4.78 is 0. The van der Waals surface area contributed by atoms with E-state index in [0.717, 1.165) is 0 Å². The molecule has 0 radical (unpaired) electrons. The van der Waals surface area contributed by atoms with Gasteiger partial charge in [-0.2, -0.15) is 4.98 Å². The van der Waals surface area contributed by atoms with E-state index in [0.29, 0.717) is 23.4 Å². The first-order chi connectivity index (χ1) is 6.58. The lowest BCUT2D eigenvalue weighted by atomic mass is 9.87. The highest BCUT2D eigenvalue weighted by molar-refractivity contribution is 5.32. The summed E-state index contributed by atoms with van der Waals surface area (Å²) >= 11 is 0. The molecule has 78 valence electrons. The first-order valence-corrected chi connectivity index (χ1v) is 5.02. The molecule has 0 aliphatic heterocycles. The zero-order valence-electron chi connectivity index (χ0n) is 8.67. The average molecular weight is 195 g/mol. The third-order valence-electron chi connectivity index (χ3n) is 3.06. The molecule has 0 spiro atoms. The van der Waals surface area contributed by atoms with Crippen molar-refractivity contribution in [2.45, 2.75) is 39.2 Å². The molecular weight excluding hydrogens is 178 g/mol. The molecule has 1 atom stereocenters. The van der Waals surface area contributed by atoms with Crippen LogP contribution in [0, 0.1) is 5.41 Å². The fourth-order valence-corrected chi connectivity index (χ4v) is 2.09. The summed E-state index contributed by atoms with van der Waals surface area (Å²) in [6, 6.07) is 0.456. The number of aromatic nitrogens is 3. The van der Waals surface area contributed by atoms with Crippen molar-refractivity contribution in [3.8, 4) is 0 Å². The molecule has 1 aromatic heterocycles. The fourth-order valence-electron chi connectivity index (χ4n) is 2.09. The predicted octanol–water partition coefficient (Wildman–Crippen LogP) is 1.38. The van der Waals surface area contributed by atoms with E-state index in [1.807, 2.05) is 0 Å². The molecule has 2 rings (SSSR count). The number of H-pyrrole nitrogens is 1. The molecule has 5 heteroatoms. The maximum Gasteiger partial charge on any atom is 0.243 e. The zero-order chi connectivity index (χ0) is 10.2. The molecule has 5 nitrogen and oxygen atoms in total. The van der Waals surface area contributed by atoms with Gasteiger partial charge in [-0.15, -0.1) is 5.10 Å². The third-order valence-corrected chi connectivity index (χ3v) is 3.06. The van der Waals surface area contributed by atoms with E-state index in [9.17, 15) is 0 Å². The van der Waals surface area contributed by atoms with Crippen LogP contribution in [0.15, 0.2) is 0 Å². The standard InChI is InChI=1S/C9H17N5/c1-9(2)5-3-4-6(9)11-8-12-7(10)13-14-8/h6H,3-5H2,1-2H3,(H4,10,11,12,13,14). The van der Waals surface area contributed by atoms with Gasteiger partial charge in [0, 0.05) is 6.04 Å². The maximum atomic E-state index is 5.45. The van der Waals surface area contributed by atoms with Gasteiger partial charge in [-0.3, -0.25) is 0 Å². The molecule has 1 aliphatic rings. The lowest BCUT2D eigenvalue weighted by Gasteiger charge is -2.27. The first kappa shape index (κ1) is 9.30. The topological polar surface area (TPSA) is 79.6 Å². The van der Waals surface area contributed by atoms with E-state index in [-0.39, 0.29) is 0 Å². The normalized spacial score (nSPS) is 25.1. The van der Waals surface area contributed by atoms with E-state index in [4.69, 9.17) is 5.73 Å². The van der Waals surface area contributed by atoms with Gasteiger partial charge in [0.1, 0.15) is 0 Å². The number of nitrogens with two attached hydrogens (primary N) is 1. The molecule has 0 bridgehead atoms. The van der Waals surface area contributed by atoms with E-state index in [2.05, 4.69) is 34.3 Å². The number of rotatable bonds is 2. The fraction of sp³-hybridized carbons (Fsp3) is 0.778. The van der Waals surface area contributed by atoms with Gasteiger partial charge in [0.25, 0.3) is 0 Å². The van der Waals surface area contributed by atoms with Crippen molar-refractivity contribution >= 4 is 11.9 Å². The van der Waals surface area contributed by atoms with Gasteiger partial charge in [-0.25, -0.2) is 5.10 Å². The summed E-state index contributed by atoms with van der Waals surface area (Å²) in [7, 11) is 0. The summed E-state index contributed by atoms with van der Waals surface area (Å²) in [6.45, 7) is 4.54. The second kappa shape index (κ2) is 3.15. The van der Waals surface area contributed by atoms with E-state index in [1.165, 1.54) is 19.3 Å². The van der Waals surface area contributed by atoms with Crippen LogP contribution in [0.4, 0.5) is 11.9 Å². The molecule has 0 saturated heterocycles. The van der Waals surface area contributed by atoms with Crippen molar-refractivity contribution < 1.29 is 0 Å². The van der Waals surface area contributed by atoms with Crippen molar-refractivity contribution in [2.75, 3.05) is 11.1 Å². The number of nitrogen functional groups attached to an aromatic ring is 1. The Morgan fingerprint density at radius 1 is 1.57 bits per heavy atom. The maximum absolute atomic E-state index is 5.45. The van der Waals surface area contributed by atoms with Gasteiger partial charge >= 0.3 is 0 Å². The zero-order valence-corrected chi connectivity index (χ0v) is 8.67. The van der Waals surface area contributed by atoms with Gasteiger partial charge < -0.3 is 11.1 Å². The summed E-state index contributed by atoms with van der Waals surface area (Å²) in [5.41, 5.74) is 5.78. The number of aromatic amines is 1. The first-order valence-electron chi connectivity index (χ1n) is 5.02. The molecule has 1 unspecified atom stereocenters. The minimum atomic E-state index is 0.329. The summed E-state index contributed by atoms with van der Waals surface area (Å²) in [6.07, 6.45) is 3.70. The Kier molecular flexibility index (Phi) is 2.09. The average Bonchev–Trinajstić information content (AvgIpc) is 2.61. The van der Waals surface area contributed by atoms with Crippen LogP contribution < -0.4 is 11.1 Å². The van der Waals surface area contributed by atoms with Gasteiger partial charge in [0.15, 0.2) is 0 Å². The van der Waals surface area contributed by atoms with Crippen molar-refractivity contribution in [3.63, 3.8) is 0 Å². The number of hydrogen-bond acceptors (Lipinski definition) is 4. The Morgan fingerprint density at radius 2 is 2.36 bits per heavy atom. The van der Waals surface area contributed by atoms with Crippen molar-refractivity contribution in [3.05, 3.63) is 0 Å². The van der Waals surface area contributed by atoms with E-state index >= 15 is 0 Å². The minimum Gasteiger partial charge on any atom is -0.368 e. The van der Waals surface area contributed by atoms with Gasteiger partial charge in [-0.05, 0) is 18.3 Å².